The van der Waals surface area contributed by atoms with Crippen LogP contribution in [0.4, 0.5) is 61.5 Å². The van der Waals surface area contributed by atoms with Crippen LogP contribution in [0, 0.1) is 40.7 Å². The molecule has 4 rings (SSSR count). The van der Waals surface area contributed by atoms with Crippen LogP contribution in [0.3, 0.4) is 0 Å². The molecule has 0 saturated heterocycles. The molecule has 15 heteroatoms. The van der Waals surface area contributed by atoms with Crippen LogP contribution in [0.15, 0.2) is 60.4 Å². The lowest BCUT2D eigenvalue weighted by Gasteiger charge is -2.21. The summed E-state index contributed by atoms with van der Waals surface area (Å²) in [7, 11) is 0. The largest absolute Gasteiger partial charge is 0.432 e. The molecule has 0 fully saturated rings. The molecule has 0 spiro atoms. The summed E-state index contributed by atoms with van der Waals surface area (Å²) in [6.07, 6.45) is -8.12. The van der Waals surface area contributed by atoms with Gasteiger partial charge in [0.25, 0.3) is 0 Å². The highest BCUT2D eigenvalue weighted by atomic mass is 19.4. The highest BCUT2D eigenvalue weighted by Crippen LogP contribution is 2.41. The fourth-order valence-corrected chi connectivity index (χ4v) is 4.94. The Balaban J connectivity index is 1.61. The normalized spacial score (nSPS) is 12.7. The van der Waals surface area contributed by atoms with E-state index in [-0.39, 0.29) is 42.8 Å². The Kier molecular flexibility index (Phi) is 11.0. The predicted octanol–water partition coefficient (Wildman–Crippen LogP) is 12.7. The lowest BCUT2D eigenvalue weighted by molar-refractivity contribution is -0.189. The summed E-state index contributed by atoms with van der Waals surface area (Å²) in [5.74, 6) is -17.4. The molecule has 0 aliphatic heterocycles. The Morgan fingerprint density at radius 1 is 0.592 bits per heavy atom. The van der Waals surface area contributed by atoms with Gasteiger partial charge >= 0.3 is 12.3 Å². The SMILES string of the molecule is CCCCCC/C(F)=C(\F)c1ccc(-c2cc(F)c(C(F)(F)Oc3cc(F)c(-c4cc(F)c(C(F)(F)F)c(F)c4)c(F)c3)c(F)c2)c(F)c1. The molecule has 0 atom stereocenters. The van der Waals surface area contributed by atoms with Gasteiger partial charge in [-0.05, 0) is 47.9 Å². The van der Waals surface area contributed by atoms with Crippen molar-refractivity contribution in [1.82, 2.24) is 0 Å². The zero-order chi connectivity index (χ0) is 36.4. The van der Waals surface area contributed by atoms with Crippen molar-refractivity contribution in [3.05, 3.63) is 118 Å². The van der Waals surface area contributed by atoms with Gasteiger partial charge in [-0.1, -0.05) is 38.3 Å². The molecule has 0 aliphatic carbocycles. The zero-order valence-corrected chi connectivity index (χ0v) is 24.9. The first-order valence-corrected chi connectivity index (χ1v) is 14.3. The zero-order valence-electron chi connectivity index (χ0n) is 24.9. The number of alkyl halides is 5. The summed E-state index contributed by atoms with van der Waals surface area (Å²) in [6, 6.07) is 2.72. The number of unbranched alkanes of at least 4 members (excludes halogenated alkanes) is 3. The van der Waals surface area contributed by atoms with Gasteiger partial charge in [-0.25, -0.2) is 39.5 Å². The van der Waals surface area contributed by atoms with E-state index in [1.165, 1.54) is 0 Å². The molecule has 0 aromatic heterocycles. The molecular formula is C34H22F14O. The molecular weight excluding hydrogens is 690 g/mol. The molecule has 0 amide bonds. The van der Waals surface area contributed by atoms with E-state index < -0.39 is 109 Å². The average Bonchev–Trinajstić information content (AvgIpc) is 2.96. The minimum absolute atomic E-state index is 0.0164. The first-order valence-electron chi connectivity index (χ1n) is 14.3. The van der Waals surface area contributed by atoms with E-state index in [4.69, 9.17) is 0 Å². The van der Waals surface area contributed by atoms with Crippen LogP contribution in [-0.2, 0) is 12.3 Å². The number of ether oxygens (including phenoxy) is 1. The molecule has 0 radical (unpaired) electrons. The second-order valence-electron chi connectivity index (χ2n) is 10.7. The van der Waals surface area contributed by atoms with E-state index in [1.54, 1.807) is 0 Å². The Morgan fingerprint density at radius 2 is 1.12 bits per heavy atom. The Labute approximate surface area is 269 Å². The van der Waals surface area contributed by atoms with E-state index in [2.05, 4.69) is 4.74 Å². The molecule has 4 aromatic carbocycles. The van der Waals surface area contributed by atoms with E-state index >= 15 is 0 Å². The number of halogens is 14. The molecule has 0 heterocycles. The third kappa shape index (κ3) is 8.19. The summed E-state index contributed by atoms with van der Waals surface area (Å²) in [5.41, 5.74) is -8.64. The van der Waals surface area contributed by atoms with Crippen molar-refractivity contribution in [2.24, 2.45) is 0 Å². The maximum atomic E-state index is 15.0. The van der Waals surface area contributed by atoms with Crippen LogP contribution in [0.25, 0.3) is 28.1 Å². The molecule has 1 nitrogen and oxygen atoms in total. The summed E-state index contributed by atoms with van der Waals surface area (Å²) < 4.78 is 203. The summed E-state index contributed by atoms with van der Waals surface area (Å²) in [5, 5.41) is 0. The van der Waals surface area contributed by atoms with Gasteiger partial charge in [0.15, 0.2) is 5.83 Å². The van der Waals surface area contributed by atoms with Gasteiger partial charge in [0.1, 0.15) is 63.4 Å². The lowest BCUT2D eigenvalue weighted by atomic mass is 9.99. The fourth-order valence-electron chi connectivity index (χ4n) is 4.94. The fraction of sp³-hybridized carbons (Fsp3) is 0.235. The van der Waals surface area contributed by atoms with Gasteiger partial charge in [0.05, 0.1) is 5.56 Å². The number of hydrogen-bond acceptors (Lipinski definition) is 1. The van der Waals surface area contributed by atoms with Gasteiger partial charge in [-0.3, -0.25) is 0 Å². The van der Waals surface area contributed by atoms with E-state index in [0.717, 1.165) is 25.0 Å². The van der Waals surface area contributed by atoms with Gasteiger partial charge in [0.2, 0.25) is 0 Å². The molecule has 0 unspecified atom stereocenters. The van der Waals surface area contributed by atoms with Gasteiger partial charge in [-0.2, -0.15) is 22.0 Å². The first-order chi connectivity index (χ1) is 22.8. The van der Waals surface area contributed by atoms with Crippen LogP contribution in [0.1, 0.15) is 55.7 Å². The number of benzene rings is 4. The van der Waals surface area contributed by atoms with Crippen molar-refractivity contribution in [2.75, 3.05) is 0 Å². The summed E-state index contributed by atoms with van der Waals surface area (Å²) in [4.78, 5) is 0. The van der Waals surface area contributed by atoms with Crippen molar-refractivity contribution in [3.8, 4) is 28.0 Å². The van der Waals surface area contributed by atoms with Crippen molar-refractivity contribution >= 4 is 5.83 Å². The van der Waals surface area contributed by atoms with Gasteiger partial charge < -0.3 is 4.74 Å². The van der Waals surface area contributed by atoms with Crippen LogP contribution in [0.2, 0.25) is 0 Å². The van der Waals surface area contributed by atoms with E-state index in [0.29, 0.717) is 18.9 Å². The second kappa shape index (κ2) is 14.5. The number of hydrogen-bond donors (Lipinski definition) is 0. The number of rotatable bonds is 11. The molecule has 262 valence electrons. The van der Waals surface area contributed by atoms with Crippen LogP contribution >= 0.6 is 0 Å². The van der Waals surface area contributed by atoms with Crippen LogP contribution in [0.5, 0.6) is 5.75 Å². The summed E-state index contributed by atoms with van der Waals surface area (Å²) in [6.45, 7) is 1.92. The average molecular weight is 713 g/mol. The minimum Gasteiger partial charge on any atom is -0.429 e. The monoisotopic (exact) mass is 712 g/mol. The van der Waals surface area contributed by atoms with Gasteiger partial charge in [-0.15, -0.1) is 0 Å². The predicted molar refractivity (Wildman–Crippen MR) is 151 cm³/mol. The second-order valence-corrected chi connectivity index (χ2v) is 10.7. The number of allylic oxidation sites excluding steroid dienone is 1. The molecule has 0 aliphatic rings. The van der Waals surface area contributed by atoms with E-state index in [1.807, 2.05) is 6.92 Å². The smallest absolute Gasteiger partial charge is 0.429 e. The molecule has 0 N–H and O–H groups in total. The first kappa shape index (κ1) is 37.3. The topological polar surface area (TPSA) is 9.23 Å². The Morgan fingerprint density at radius 3 is 1.63 bits per heavy atom. The van der Waals surface area contributed by atoms with Crippen LogP contribution < -0.4 is 4.74 Å². The van der Waals surface area contributed by atoms with Gasteiger partial charge in [0, 0.05) is 29.7 Å². The van der Waals surface area contributed by atoms with Crippen molar-refractivity contribution < 1.29 is 66.2 Å². The maximum absolute atomic E-state index is 15.0. The van der Waals surface area contributed by atoms with Crippen molar-refractivity contribution in [2.45, 2.75) is 51.3 Å². The Bertz CT molecular complexity index is 1830. The van der Waals surface area contributed by atoms with E-state index in [9.17, 15) is 61.5 Å². The van der Waals surface area contributed by atoms with Crippen molar-refractivity contribution in [1.29, 1.82) is 0 Å². The quantitative estimate of drug-likeness (QED) is 0.111. The third-order valence-corrected chi connectivity index (χ3v) is 7.23. The summed E-state index contributed by atoms with van der Waals surface area (Å²) >= 11 is 0. The van der Waals surface area contributed by atoms with Crippen LogP contribution in [-0.4, -0.2) is 0 Å². The maximum Gasteiger partial charge on any atom is 0.432 e. The molecule has 4 aromatic rings. The highest BCUT2D eigenvalue weighted by Gasteiger charge is 2.42. The highest BCUT2D eigenvalue weighted by molar-refractivity contribution is 5.70. The molecule has 0 bridgehead atoms. The standard InChI is InChI=1S/C34H22F14O/c1-2-3-4-5-6-21(35)32(43)16-7-8-20(22(36)9-16)17-10-27(41)31(28(42)11-17)34(47,48)49-19-14-23(37)29(24(38)15-19)18-12-25(39)30(26(40)13-18)33(44,45)46/h7-15H,2-6H2,1H3/b32-21+. The Hall–Kier alpha value is -4.56. The molecule has 49 heavy (non-hydrogen) atoms. The van der Waals surface area contributed by atoms with Crippen molar-refractivity contribution in [3.63, 3.8) is 0 Å². The minimum atomic E-state index is -5.50. The molecule has 0 saturated carbocycles. The third-order valence-electron chi connectivity index (χ3n) is 7.23. The lowest BCUT2D eigenvalue weighted by Crippen LogP contribution is -2.25.